The molecule has 0 radical (unpaired) electrons. The first-order valence-corrected chi connectivity index (χ1v) is 10.6. The molecule has 0 aromatic heterocycles. The lowest BCUT2D eigenvalue weighted by molar-refractivity contribution is -0.137. The maximum atomic E-state index is 12.7. The third-order valence-electron chi connectivity index (χ3n) is 4.71. The van der Waals surface area contributed by atoms with Crippen LogP contribution >= 0.6 is 0 Å². The predicted molar refractivity (Wildman–Crippen MR) is 104 cm³/mol. The van der Waals surface area contributed by atoms with Crippen molar-refractivity contribution in [3.8, 4) is 0 Å². The van der Waals surface area contributed by atoms with Gasteiger partial charge >= 0.3 is 6.18 Å². The van der Waals surface area contributed by atoms with Crippen molar-refractivity contribution in [2.75, 3.05) is 16.2 Å². The van der Waals surface area contributed by atoms with Gasteiger partial charge in [0.25, 0.3) is 10.0 Å². The summed E-state index contributed by atoms with van der Waals surface area (Å²) in [6.07, 6.45) is -2.94. The summed E-state index contributed by atoms with van der Waals surface area (Å²) in [5.74, 6) is -0.248. The predicted octanol–water partition coefficient (Wildman–Crippen LogP) is 4.44. The number of hydrogen-bond acceptors (Lipinski definition) is 3. The summed E-state index contributed by atoms with van der Waals surface area (Å²) < 4.78 is 65.6. The highest BCUT2D eigenvalue weighted by molar-refractivity contribution is 7.92. The van der Waals surface area contributed by atoms with E-state index in [9.17, 15) is 26.4 Å². The molecule has 0 bridgehead atoms. The molecule has 1 aliphatic rings. The van der Waals surface area contributed by atoms with Crippen LogP contribution in [0.4, 0.5) is 24.5 Å². The van der Waals surface area contributed by atoms with Gasteiger partial charge in [-0.15, -0.1) is 0 Å². The number of alkyl halides is 3. The minimum atomic E-state index is -4.54. The van der Waals surface area contributed by atoms with E-state index in [1.165, 1.54) is 0 Å². The van der Waals surface area contributed by atoms with Crippen molar-refractivity contribution < 1.29 is 26.4 Å². The minimum Gasteiger partial charge on any atom is -0.312 e. The van der Waals surface area contributed by atoms with Crippen LogP contribution in [0.5, 0.6) is 0 Å². The smallest absolute Gasteiger partial charge is 0.312 e. The van der Waals surface area contributed by atoms with Crippen molar-refractivity contribution in [2.24, 2.45) is 5.92 Å². The van der Waals surface area contributed by atoms with E-state index in [0.717, 1.165) is 42.7 Å². The summed E-state index contributed by atoms with van der Waals surface area (Å²) >= 11 is 0. The Kier molecular flexibility index (Phi) is 5.62. The van der Waals surface area contributed by atoms with E-state index in [-0.39, 0.29) is 22.4 Å². The normalized spacial score (nSPS) is 14.6. The first-order chi connectivity index (χ1) is 13.5. The van der Waals surface area contributed by atoms with Crippen molar-refractivity contribution in [3.05, 3.63) is 53.6 Å². The highest BCUT2D eigenvalue weighted by Crippen LogP contribution is 2.33. The Morgan fingerprint density at radius 2 is 1.76 bits per heavy atom. The molecule has 0 spiro atoms. The van der Waals surface area contributed by atoms with E-state index in [1.54, 1.807) is 36.9 Å². The third-order valence-corrected chi connectivity index (χ3v) is 6.11. The van der Waals surface area contributed by atoms with E-state index in [1.807, 2.05) is 0 Å². The number of carbonyl (C=O) groups excluding carboxylic acids is 1. The lowest BCUT2D eigenvalue weighted by Gasteiger charge is -2.31. The summed E-state index contributed by atoms with van der Waals surface area (Å²) in [4.78, 5) is 13.9. The molecule has 0 aliphatic carbocycles. The van der Waals surface area contributed by atoms with Gasteiger partial charge in [0.05, 0.1) is 16.1 Å². The summed E-state index contributed by atoms with van der Waals surface area (Å²) in [7, 11) is -4.08. The fraction of sp³-hybridized carbons (Fsp3) is 0.350. The molecule has 0 saturated heterocycles. The molecule has 0 saturated carbocycles. The van der Waals surface area contributed by atoms with Crippen LogP contribution in [0.1, 0.15) is 31.4 Å². The molecule has 2 aromatic rings. The number of carbonyl (C=O) groups is 1. The minimum absolute atomic E-state index is 0.0475. The number of amides is 1. The van der Waals surface area contributed by atoms with Crippen LogP contribution in [0.25, 0.3) is 0 Å². The van der Waals surface area contributed by atoms with Crippen LogP contribution in [0.15, 0.2) is 47.4 Å². The Bertz CT molecular complexity index is 1020. The molecule has 29 heavy (non-hydrogen) atoms. The largest absolute Gasteiger partial charge is 0.416 e. The van der Waals surface area contributed by atoms with E-state index in [0.29, 0.717) is 12.2 Å². The van der Waals surface area contributed by atoms with Crippen LogP contribution in [0.2, 0.25) is 0 Å². The van der Waals surface area contributed by atoms with Crippen LogP contribution in [-0.2, 0) is 27.4 Å². The number of aryl methyl sites for hydroxylation is 1. The van der Waals surface area contributed by atoms with Crippen molar-refractivity contribution in [1.82, 2.24) is 0 Å². The van der Waals surface area contributed by atoms with Crippen molar-refractivity contribution >= 4 is 27.3 Å². The first-order valence-electron chi connectivity index (χ1n) is 9.13. The highest BCUT2D eigenvalue weighted by atomic mass is 32.2. The number of benzene rings is 2. The Hall–Kier alpha value is -2.55. The number of hydrogen-bond donors (Lipinski definition) is 1. The first kappa shape index (κ1) is 21.2. The number of rotatable bonds is 4. The average Bonchev–Trinajstić information content (AvgIpc) is 2.66. The molecule has 9 heteroatoms. The van der Waals surface area contributed by atoms with Gasteiger partial charge in [-0.25, -0.2) is 8.42 Å². The summed E-state index contributed by atoms with van der Waals surface area (Å²) in [5, 5.41) is 0. The number of fused-ring (bicyclic) bond motifs is 1. The fourth-order valence-corrected chi connectivity index (χ4v) is 4.27. The molecule has 1 aliphatic heterocycles. The molecule has 3 rings (SSSR count). The quantitative estimate of drug-likeness (QED) is 0.786. The van der Waals surface area contributed by atoms with E-state index < -0.39 is 21.8 Å². The van der Waals surface area contributed by atoms with Crippen LogP contribution in [0, 0.1) is 5.92 Å². The van der Waals surface area contributed by atoms with Crippen molar-refractivity contribution in [2.45, 2.75) is 37.8 Å². The molecule has 156 valence electrons. The lowest BCUT2D eigenvalue weighted by Crippen LogP contribution is -2.38. The molecular formula is C20H21F3N2O3S. The fourth-order valence-electron chi connectivity index (χ4n) is 3.22. The van der Waals surface area contributed by atoms with Crippen molar-refractivity contribution in [1.29, 1.82) is 0 Å². The molecule has 2 aromatic carbocycles. The zero-order valence-electron chi connectivity index (χ0n) is 16.0. The van der Waals surface area contributed by atoms with Gasteiger partial charge < -0.3 is 4.90 Å². The Morgan fingerprint density at radius 3 is 2.34 bits per heavy atom. The van der Waals surface area contributed by atoms with Gasteiger partial charge in [0.2, 0.25) is 5.91 Å². The van der Waals surface area contributed by atoms with Gasteiger partial charge in [-0.05, 0) is 54.8 Å². The summed E-state index contributed by atoms with van der Waals surface area (Å²) in [6.45, 7) is 4.15. The Morgan fingerprint density at radius 1 is 1.10 bits per heavy atom. The third kappa shape index (κ3) is 4.55. The Labute approximate surface area is 167 Å². The molecule has 0 atom stereocenters. The lowest BCUT2D eigenvalue weighted by atomic mass is 9.99. The zero-order valence-corrected chi connectivity index (χ0v) is 16.8. The number of nitrogens with one attached hydrogen (secondary N) is 1. The van der Waals surface area contributed by atoms with Gasteiger partial charge in [-0.2, -0.15) is 13.2 Å². The van der Waals surface area contributed by atoms with Gasteiger partial charge in [0.1, 0.15) is 0 Å². The second kappa shape index (κ2) is 7.70. The second-order valence-corrected chi connectivity index (χ2v) is 8.90. The topological polar surface area (TPSA) is 66.5 Å². The average molecular weight is 426 g/mol. The highest BCUT2D eigenvalue weighted by Gasteiger charge is 2.31. The number of halogens is 3. The van der Waals surface area contributed by atoms with Crippen LogP contribution in [-0.4, -0.2) is 20.9 Å². The van der Waals surface area contributed by atoms with Gasteiger partial charge in [-0.3, -0.25) is 9.52 Å². The molecule has 0 fully saturated rings. The van der Waals surface area contributed by atoms with Crippen LogP contribution < -0.4 is 9.62 Å². The second-order valence-electron chi connectivity index (χ2n) is 7.22. The number of anilines is 2. The van der Waals surface area contributed by atoms with E-state index >= 15 is 0 Å². The van der Waals surface area contributed by atoms with E-state index in [2.05, 4.69) is 4.72 Å². The number of nitrogens with zero attached hydrogens (tertiary/aromatic N) is 1. The molecule has 1 amide bonds. The molecule has 1 N–H and O–H groups in total. The molecular weight excluding hydrogens is 405 g/mol. The van der Waals surface area contributed by atoms with E-state index in [4.69, 9.17) is 0 Å². The standard InChI is InChI=1S/C20H21F3N2O3S/c1-13(2)19(26)25-11-3-4-14-5-8-16(12-18(14)25)24-29(27,28)17-9-6-15(7-10-17)20(21,22)23/h5-10,12-13,24H,3-4,11H2,1-2H3. The SMILES string of the molecule is CC(C)C(=O)N1CCCc2ccc(NS(=O)(=O)c3ccc(C(F)(F)F)cc3)cc21. The maximum absolute atomic E-state index is 12.7. The van der Waals surface area contributed by atoms with Gasteiger partial charge in [-0.1, -0.05) is 19.9 Å². The molecule has 5 nitrogen and oxygen atoms in total. The van der Waals surface area contributed by atoms with Crippen LogP contribution in [0.3, 0.4) is 0 Å². The molecule has 1 heterocycles. The van der Waals surface area contributed by atoms with Gasteiger partial charge in [0.15, 0.2) is 0 Å². The summed E-state index contributed by atoms with van der Waals surface area (Å²) in [6, 6.07) is 8.23. The van der Waals surface area contributed by atoms with Gasteiger partial charge in [0, 0.05) is 18.2 Å². The monoisotopic (exact) mass is 426 g/mol. The zero-order chi connectivity index (χ0) is 21.4. The maximum Gasteiger partial charge on any atom is 0.416 e. The number of sulfonamides is 1. The van der Waals surface area contributed by atoms with Crippen molar-refractivity contribution in [3.63, 3.8) is 0 Å². The molecule has 0 unspecified atom stereocenters. The summed E-state index contributed by atoms with van der Waals surface area (Å²) in [5.41, 5.74) is 0.922. The Balaban J connectivity index is 1.88.